The Morgan fingerprint density at radius 1 is 1.53 bits per heavy atom. The Morgan fingerprint density at radius 3 is 2.93 bits per heavy atom. The molecule has 84 valence electrons. The summed E-state index contributed by atoms with van der Waals surface area (Å²) in [6.07, 6.45) is 5.81. The quantitative estimate of drug-likeness (QED) is 0.769. The van der Waals surface area contributed by atoms with Crippen LogP contribution < -0.4 is 0 Å². The monoisotopic (exact) mass is 216 g/mol. The van der Waals surface area contributed by atoms with E-state index in [0.717, 1.165) is 0 Å². The van der Waals surface area contributed by atoms with Gasteiger partial charge in [0.1, 0.15) is 5.76 Å². The maximum absolute atomic E-state index is 12.0. The number of alkyl halides is 2. The van der Waals surface area contributed by atoms with Gasteiger partial charge in [-0.2, -0.15) is 8.78 Å². The second-order valence-electron chi connectivity index (χ2n) is 3.37. The first-order valence-corrected chi connectivity index (χ1v) is 4.77. The fourth-order valence-electron chi connectivity index (χ4n) is 1.31. The highest BCUT2D eigenvalue weighted by Crippen LogP contribution is 2.21. The van der Waals surface area contributed by atoms with Crippen molar-refractivity contribution in [1.29, 1.82) is 0 Å². The van der Waals surface area contributed by atoms with Crippen molar-refractivity contribution in [1.82, 2.24) is 0 Å². The predicted molar refractivity (Wildman–Crippen MR) is 53.3 cm³/mol. The molecule has 0 saturated heterocycles. The van der Waals surface area contributed by atoms with Crippen molar-refractivity contribution in [3.05, 3.63) is 36.1 Å². The van der Waals surface area contributed by atoms with Gasteiger partial charge in [-0.05, 0) is 30.9 Å². The maximum Gasteiger partial charge on any atom is 0.387 e. The molecule has 1 aliphatic rings. The number of aliphatic hydroxyl groups is 1. The fourth-order valence-corrected chi connectivity index (χ4v) is 1.31. The Kier molecular flexibility index (Phi) is 4.49. The lowest BCUT2D eigenvalue weighted by Crippen LogP contribution is -2.06. The number of halogens is 2. The summed E-state index contributed by atoms with van der Waals surface area (Å²) in [5, 5.41) is 9.42. The van der Waals surface area contributed by atoms with Gasteiger partial charge >= 0.3 is 6.61 Å². The van der Waals surface area contributed by atoms with Crippen molar-refractivity contribution in [2.24, 2.45) is 0 Å². The highest BCUT2D eigenvalue weighted by atomic mass is 19.3. The van der Waals surface area contributed by atoms with Crippen LogP contribution in [0.1, 0.15) is 19.3 Å². The van der Waals surface area contributed by atoms with E-state index in [1.54, 1.807) is 12.2 Å². The molecule has 0 spiro atoms. The molecule has 0 radical (unpaired) electrons. The van der Waals surface area contributed by atoms with E-state index in [-0.39, 0.29) is 5.76 Å². The van der Waals surface area contributed by atoms with Gasteiger partial charge in [0.15, 0.2) is 0 Å². The van der Waals surface area contributed by atoms with E-state index in [9.17, 15) is 13.9 Å². The van der Waals surface area contributed by atoms with Crippen molar-refractivity contribution in [2.45, 2.75) is 32.0 Å². The van der Waals surface area contributed by atoms with E-state index in [2.05, 4.69) is 11.3 Å². The van der Waals surface area contributed by atoms with Crippen LogP contribution >= 0.6 is 0 Å². The molecule has 1 atom stereocenters. The number of ether oxygens (including phenoxy) is 1. The number of hydrogen-bond donors (Lipinski definition) is 1. The van der Waals surface area contributed by atoms with Crippen LogP contribution in [0.4, 0.5) is 8.78 Å². The van der Waals surface area contributed by atoms with Crippen LogP contribution in [0.2, 0.25) is 0 Å². The lowest BCUT2D eigenvalue weighted by atomic mass is 10.1. The van der Waals surface area contributed by atoms with Gasteiger partial charge in [-0.15, -0.1) is 0 Å². The molecule has 1 N–H and O–H groups in total. The van der Waals surface area contributed by atoms with Crippen molar-refractivity contribution >= 4 is 0 Å². The minimum Gasteiger partial charge on any atom is -0.435 e. The molecule has 0 aromatic rings. The number of aliphatic hydroxyl groups excluding tert-OH is 1. The average molecular weight is 216 g/mol. The van der Waals surface area contributed by atoms with Crippen LogP contribution in [0.3, 0.4) is 0 Å². The maximum atomic E-state index is 12.0. The Morgan fingerprint density at radius 2 is 2.27 bits per heavy atom. The Bertz CT molecular complexity index is 282. The minimum absolute atomic E-state index is 0.0929. The van der Waals surface area contributed by atoms with Crippen LogP contribution in [0.15, 0.2) is 36.1 Å². The topological polar surface area (TPSA) is 29.5 Å². The molecule has 1 rings (SSSR count). The largest absolute Gasteiger partial charge is 0.435 e. The SMILES string of the molecule is C=C1CC[C@H](O)C/C=C\C=C1OC(F)F. The second kappa shape index (κ2) is 5.66. The van der Waals surface area contributed by atoms with E-state index in [1.165, 1.54) is 6.08 Å². The fraction of sp³-hybridized carbons (Fsp3) is 0.455. The molecule has 0 aliphatic heterocycles. The minimum atomic E-state index is -2.84. The molecular weight excluding hydrogens is 202 g/mol. The Labute approximate surface area is 87.6 Å². The zero-order valence-corrected chi connectivity index (χ0v) is 8.33. The molecule has 0 aromatic heterocycles. The molecule has 4 heteroatoms. The van der Waals surface area contributed by atoms with E-state index < -0.39 is 12.7 Å². The average Bonchev–Trinajstić information content (AvgIpc) is 2.23. The lowest BCUT2D eigenvalue weighted by molar-refractivity contribution is -0.0935. The molecule has 1 aliphatic carbocycles. The van der Waals surface area contributed by atoms with E-state index in [1.807, 2.05) is 0 Å². The number of rotatable bonds is 2. The molecule has 0 saturated carbocycles. The zero-order valence-electron chi connectivity index (χ0n) is 8.33. The summed E-state index contributed by atoms with van der Waals surface area (Å²) in [4.78, 5) is 0. The van der Waals surface area contributed by atoms with Gasteiger partial charge in [-0.3, -0.25) is 0 Å². The predicted octanol–water partition coefficient (Wildman–Crippen LogP) is 2.77. The standard InChI is InChI=1S/C11H14F2O2/c1-8-6-7-9(14)4-2-3-5-10(8)15-11(12)13/h2-3,5,9,11,14H,1,4,6-7H2/b3-2-,10-5?/t9-/m1/s1. The highest BCUT2D eigenvalue weighted by Gasteiger charge is 2.12. The van der Waals surface area contributed by atoms with E-state index in [0.29, 0.717) is 24.8 Å². The first-order valence-electron chi connectivity index (χ1n) is 4.77. The normalized spacial score (nSPS) is 25.2. The van der Waals surface area contributed by atoms with Crippen molar-refractivity contribution in [3.63, 3.8) is 0 Å². The van der Waals surface area contributed by atoms with E-state index >= 15 is 0 Å². The zero-order chi connectivity index (χ0) is 11.3. The first-order chi connectivity index (χ1) is 7.09. The molecule has 15 heavy (non-hydrogen) atoms. The van der Waals surface area contributed by atoms with Crippen LogP contribution in [0.25, 0.3) is 0 Å². The molecule has 0 amide bonds. The molecular formula is C11H14F2O2. The third-order valence-corrected chi connectivity index (χ3v) is 2.14. The van der Waals surface area contributed by atoms with Crippen LogP contribution in [-0.4, -0.2) is 17.8 Å². The van der Waals surface area contributed by atoms with Crippen LogP contribution in [-0.2, 0) is 4.74 Å². The summed E-state index contributed by atoms with van der Waals surface area (Å²) in [5.41, 5.74) is 0.487. The third-order valence-electron chi connectivity index (χ3n) is 2.14. The van der Waals surface area contributed by atoms with Crippen molar-refractivity contribution < 1.29 is 18.6 Å². The van der Waals surface area contributed by atoms with Gasteiger partial charge in [-0.1, -0.05) is 18.7 Å². The van der Waals surface area contributed by atoms with Gasteiger partial charge in [0, 0.05) is 0 Å². The molecule has 0 aromatic carbocycles. The van der Waals surface area contributed by atoms with Gasteiger partial charge < -0.3 is 9.84 Å². The van der Waals surface area contributed by atoms with Crippen molar-refractivity contribution in [2.75, 3.05) is 0 Å². The molecule has 2 nitrogen and oxygen atoms in total. The molecule has 0 fully saturated rings. The summed E-state index contributed by atoms with van der Waals surface area (Å²) in [7, 11) is 0. The van der Waals surface area contributed by atoms with Crippen LogP contribution in [0, 0.1) is 0 Å². The summed E-state index contributed by atoms with van der Waals surface area (Å²) in [6.45, 7) is 0.814. The van der Waals surface area contributed by atoms with Gasteiger partial charge in [-0.25, -0.2) is 0 Å². The second-order valence-corrected chi connectivity index (χ2v) is 3.37. The Hall–Kier alpha value is -1.16. The summed E-state index contributed by atoms with van der Waals surface area (Å²) < 4.78 is 28.4. The number of allylic oxidation sites excluding steroid dienone is 3. The molecule has 0 heterocycles. The highest BCUT2D eigenvalue weighted by molar-refractivity contribution is 5.27. The van der Waals surface area contributed by atoms with Crippen LogP contribution in [0.5, 0.6) is 0 Å². The molecule has 0 bridgehead atoms. The van der Waals surface area contributed by atoms with E-state index in [4.69, 9.17) is 0 Å². The summed E-state index contributed by atoms with van der Waals surface area (Å²) in [5.74, 6) is 0.0929. The van der Waals surface area contributed by atoms with Gasteiger partial charge in [0.05, 0.1) is 6.10 Å². The smallest absolute Gasteiger partial charge is 0.387 e. The van der Waals surface area contributed by atoms with Gasteiger partial charge in [0.25, 0.3) is 0 Å². The number of hydrogen-bond acceptors (Lipinski definition) is 2. The Balaban J connectivity index is 2.70. The molecule has 0 unspecified atom stereocenters. The van der Waals surface area contributed by atoms with Crippen molar-refractivity contribution in [3.8, 4) is 0 Å². The van der Waals surface area contributed by atoms with Gasteiger partial charge in [0.2, 0.25) is 0 Å². The summed E-state index contributed by atoms with van der Waals surface area (Å²) in [6, 6.07) is 0. The summed E-state index contributed by atoms with van der Waals surface area (Å²) >= 11 is 0. The third kappa shape index (κ3) is 4.25. The first kappa shape index (κ1) is 11.9. The lowest BCUT2D eigenvalue weighted by Gasteiger charge is -2.12.